The number of rotatable bonds is 9. The van der Waals surface area contributed by atoms with Gasteiger partial charge in [-0.2, -0.15) is 0 Å². The Bertz CT molecular complexity index is 1620. The Morgan fingerprint density at radius 2 is 1.71 bits per heavy atom. The molecule has 6 rings (SSSR count). The van der Waals surface area contributed by atoms with Crippen molar-refractivity contribution in [3.05, 3.63) is 87.3 Å². The molecule has 1 saturated carbocycles. The molecule has 1 saturated heterocycles. The average Bonchev–Trinajstić information content (AvgIpc) is 3.69. The lowest BCUT2D eigenvalue weighted by atomic mass is 9.95. The Morgan fingerprint density at radius 1 is 1.00 bits per heavy atom. The summed E-state index contributed by atoms with van der Waals surface area (Å²) in [5, 5.41) is 3.50. The van der Waals surface area contributed by atoms with Gasteiger partial charge in [0.1, 0.15) is 17.4 Å². The molecule has 3 heterocycles. The first-order valence-electron chi connectivity index (χ1n) is 15.8. The molecule has 2 aromatic heterocycles. The standard InChI is InChI=1S/C35H40ClN5O3S/c1-25-28(35(43)40-19-17-39(18-20-40)22-34(42)38(2)26-11-5-3-6-12-26)21-31(41(25)27-13-7-4-8-14-27)30-24-45-33(37-30)23-44-32-16-10-9-15-29(32)36/h3,5-6,9-12,15-16,21,24,27H,4,7-8,13-14,17-20,22-23H2,1-2H3. The SMILES string of the molecule is Cc1c(C(=O)N2CCN(CC(=O)N(C)c3ccccc3)CC2)cc(-c2csc(COc3ccccc3Cl)n2)n1C1CCCCC1. The van der Waals surface area contributed by atoms with Crippen LogP contribution in [0.4, 0.5) is 5.69 Å². The third-order valence-corrected chi connectivity index (χ3v) is 10.1. The van der Waals surface area contributed by atoms with E-state index < -0.39 is 0 Å². The number of benzene rings is 2. The number of likely N-dealkylation sites (N-methyl/N-ethyl adjacent to an activating group) is 1. The predicted molar refractivity (Wildman–Crippen MR) is 180 cm³/mol. The molecule has 2 aromatic carbocycles. The van der Waals surface area contributed by atoms with Crippen molar-refractivity contribution in [1.82, 2.24) is 19.4 Å². The van der Waals surface area contributed by atoms with E-state index in [0.29, 0.717) is 56.1 Å². The number of halogens is 1. The number of nitrogens with zero attached hydrogens (tertiary/aromatic N) is 5. The molecule has 0 bridgehead atoms. The zero-order valence-corrected chi connectivity index (χ0v) is 27.5. The van der Waals surface area contributed by atoms with Gasteiger partial charge in [0.05, 0.1) is 28.5 Å². The molecule has 4 aromatic rings. The first-order chi connectivity index (χ1) is 21.9. The molecule has 0 radical (unpaired) electrons. The maximum absolute atomic E-state index is 14.0. The van der Waals surface area contributed by atoms with Crippen molar-refractivity contribution in [3.63, 3.8) is 0 Å². The lowest BCUT2D eigenvalue weighted by Gasteiger charge is -2.35. The predicted octanol–water partition coefficient (Wildman–Crippen LogP) is 7.08. The molecular formula is C35H40ClN5O3S. The van der Waals surface area contributed by atoms with Crippen molar-refractivity contribution in [2.75, 3.05) is 44.7 Å². The molecule has 2 amide bonds. The molecule has 2 aliphatic rings. The van der Waals surface area contributed by atoms with Crippen LogP contribution in [0.3, 0.4) is 0 Å². The highest BCUT2D eigenvalue weighted by atomic mass is 35.5. The van der Waals surface area contributed by atoms with Gasteiger partial charge >= 0.3 is 0 Å². The molecule has 0 spiro atoms. The van der Waals surface area contributed by atoms with Crippen LogP contribution in [0.25, 0.3) is 11.4 Å². The monoisotopic (exact) mass is 645 g/mol. The second-order valence-corrected chi connectivity index (χ2v) is 13.2. The molecular weight excluding hydrogens is 606 g/mol. The molecule has 1 aliphatic carbocycles. The summed E-state index contributed by atoms with van der Waals surface area (Å²) in [6, 6.07) is 19.5. The number of ether oxygens (including phenoxy) is 1. The highest BCUT2D eigenvalue weighted by Crippen LogP contribution is 2.37. The van der Waals surface area contributed by atoms with Gasteiger partial charge in [0.15, 0.2) is 0 Å². The molecule has 45 heavy (non-hydrogen) atoms. The summed E-state index contributed by atoms with van der Waals surface area (Å²) in [5.41, 5.74) is 4.49. The number of hydrogen-bond acceptors (Lipinski definition) is 6. The minimum absolute atomic E-state index is 0.0471. The number of aromatic nitrogens is 2. The fourth-order valence-electron chi connectivity index (χ4n) is 6.41. The fraction of sp³-hybridized carbons (Fsp3) is 0.400. The average molecular weight is 646 g/mol. The number of amides is 2. The normalized spacial score (nSPS) is 16.1. The number of thiazole rings is 1. The van der Waals surface area contributed by atoms with Crippen LogP contribution in [0.15, 0.2) is 66.0 Å². The first kappa shape index (κ1) is 31.3. The van der Waals surface area contributed by atoms with Crippen molar-refractivity contribution in [2.45, 2.75) is 51.7 Å². The van der Waals surface area contributed by atoms with Crippen LogP contribution in [-0.4, -0.2) is 70.9 Å². The van der Waals surface area contributed by atoms with E-state index >= 15 is 0 Å². The van der Waals surface area contributed by atoms with Crippen molar-refractivity contribution in [1.29, 1.82) is 0 Å². The van der Waals surface area contributed by atoms with Crippen molar-refractivity contribution < 1.29 is 14.3 Å². The van der Waals surface area contributed by atoms with Crippen molar-refractivity contribution >= 4 is 40.4 Å². The van der Waals surface area contributed by atoms with Gasteiger partial charge in [0, 0.05) is 56.0 Å². The topological polar surface area (TPSA) is 70.9 Å². The first-order valence-corrected chi connectivity index (χ1v) is 17.0. The zero-order valence-electron chi connectivity index (χ0n) is 26.0. The Morgan fingerprint density at radius 3 is 2.44 bits per heavy atom. The van der Waals surface area contributed by atoms with Gasteiger partial charge in [0.2, 0.25) is 5.91 Å². The summed E-state index contributed by atoms with van der Waals surface area (Å²) >= 11 is 7.83. The third-order valence-electron chi connectivity index (χ3n) is 9.00. The van der Waals surface area contributed by atoms with Crippen LogP contribution in [0.5, 0.6) is 5.75 Å². The third kappa shape index (κ3) is 7.11. The summed E-state index contributed by atoms with van der Waals surface area (Å²) in [6.45, 7) is 5.24. The summed E-state index contributed by atoms with van der Waals surface area (Å²) in [5.74, 6) is 0.733. The van der Waals surface area contributed by atoms with Crippen molar-refractivity contribution in [3.8, 4) is 17.1 Å². The molecule has 2 fully saturated rings. The molecule has 1 aliphatic heterocycles. The van der Waals surface area contributed by atoms with E-state index in [9.17, 15) is 9.59 Å². The van der Waals surface area contributed by atoms with Crippen LogP contribution < -0.4 is 9.64 Å². The molecule has 8 nitrogen and oxygen atoms in total. The minimum Gasteiger partial charge on any atom is -0.485 e. The number of piperazine rings is 1. The Labute approximate surface area is 274 Å². The van der Waals surface area contributed by atoms with E-state index in [2.05, 4.69) is 21.8 Å². The maximum Gasteiger partial charge on any atom is 0.255 e. The van der Waals surface area contributed by atoms with E-state index in [4.69, 9.17) is 21.3 Å². The fourth-order valence-corrected chi connectivity index (χ4v) is 7.30. The summed E-state index contributed by atoms with van der Waals surface area (Å²) in [6.07, 6.45) is 5.85. The van der Waals surface area contributed by atoms with E-state index in [1.807, 2.05) is 72.6 Å². The Kier molecular flexibility index (Phi) is 9.88. The van der Waals surface area contributed by atoms with E-state index in [1.54, 1.807) is 16.2 Å². The van der Waals surface area contributed by atoms with Gasteiger partial charge in [-0.1, -0.05) is 61.2 Å². The minimum atomic E-state index is 0.0471. The van der Waals surface area contributed by atoms with Gasteiger partial charge in [-0.05, 0) is 50.1 Å². The zero-order chi connectivity index (χ0) is 31.3. The Hall–Kier alpha value is -3.66. The van der Waals surface area contributed by atoms with Crippen LogP contribution >= 0.6 is 22.9 Å². The van der Waals surface area contributed by atoms with Crippen LogP contribution in [0.1, 0.15) is 59.2 Å². The summed E-state index contributed by atoms with van der Waals surface area (Å²) < 4.78 is 8.32. The van der Waals surface area contributed by atoms with Gasteiger partial charge in [-0.15, -0.1) is 11.3 Å². The largest absolute Gasteiger partial charge is 0.485 e. The highest BCUT2D eigenvalue weighted by Gasteiger charge is 2.30. The second-order valence-electron chi connectivity index (χ2n) is 11.9. The summed E-state index contributed by atoms with van der Waals surface area (Å²) in [4.78, 5) is 37.6. The van der Waals surface area contributed by atoms with Gasteiger partial charge in [-0.3, -0.25) is 14.5 Å². The second kappa shape index (κ2) is 14.2. The number of hydrogen-bond donors (Lipinski definition) is 0. The van der Waals surface area contributed by atoms with Crippen LogP contribution in [0, 0.1) is 6.92 Å². The van der Waals surface area contributed by atoms with E-state index in [-0.39, 0.29) is 11.8 Å². The molecule has 0 atom stereocenters. The van der Waals surface area contributed by atoms with Gasteiger partial charge in [-0.25, -0.2) is 4.98 Å². The van der Waals surface area contributed by atoms with Crippen LogP contribution in [-0.2, 0) is 11.4 Å². The molecule has 10 heteroatoms. The number of carbonyl (C=O) groups is 2. The van der Waals surface area contributed by atoms with Gasteiger partial charge in [0.25, 0.3) is 5.91 Å². The lowest BCUT2D eigenvalue weighted by molar-refractivity contribution is -0.119. The molecule has 0 N–H and O–H groups in total. The van der Waals surface area contributed by atoms with E-state index in [0.717, 1.165) is 46.2 Å². The van der Waals surface area contributed by atoms with E-state index in [1.165, 1.54) is 19.3 Å². The van der Waals surface area contributed by atoms with Gasteiger partial charge < -0.3 is 19.1 Å². The molecule has 236 valence electrons. The van der Waals surface area contributed by atoms with Crippen LogP contribution in [0.2, 0.25) is 5.02 Å². The number of para-hydroxylation sites is 2. The quantitative estimate of drug-likeness (QED) is 0.195. The number of carbonyl (C=O) groups excluding carboxylic acids is 2. The summed E-state index contributed by atoms with van der Waals surface area (Å²) in [7, 11) is 1.81. The smallest absolute Gasteiger partial charge is 0.255 e. The number of anilines is 1. The maximum atomic E-state index is 14.0. The lowest BCUT2D eigenvalue weighted by Crippen LogP contribution is -2.51. The van der Waals surface area contributed by atoms with Crippen molar-refractivity contribution in [2.24, 2.45) is 0 Å². The highest BCUT2D eigenvalue weighted by molar-refractivity contribution is 7.09. The molecule has 0 unspecified atom stereocenters. The Balaban J connectivity index is 1.15.